The molecule has 3 rings (SSSR count). The molecular weight excluding hydrogens is 244 g/mol. The predicted octanol–water partition coefficient (Wildman–Crippen LogP) is 1.86. The molecule has 0 aliphatic carbocycles. The number of carbonyl (C=O) groups is 1. The zero-order chi connectivity index (χ0) is 13.1. The number of anilines is 1. The molecule has 1 N–H and O–H groups in total. The number of aromatic nitrogens is 1. The van der Waals surface area contributed by atoms with Gasteiger partial charge in [0.05, 0.1) is 0 Å². The lowest BCUT2D eigenvalue weighted by Crippen LogP contribution is -2.40. The van der Waals surface area contributed by atoms with Gasteiger partial charge < -0.3 is 14.8 Å². The minimum atomic E-state index is -0.650. The van der Waals surface area contributed by atoms with Gasteiger partial charge in [-0.15, -0.1) is 0 Å². The summed E-state index contributed by atoms with van der Waals surface area (Å²) < 4.78 is 11.1. The molecule has 0 spiro atoms. The maximum Gasteiger partial charge on any atom is 0.269 e. The summed E-state index contributed by atoms with van der Waals surface area (Å²) in [6, 6.07) is 10.7. The second-order valence-electron chi connectivity index (χ2n) is 4.09. The molecule has 1 amide bonds. The van der Waals surface area contributed by atoms with E-state index in [1.807, 2.05) is 18.2 Å². The van der Waals surface area contributed by atoms with Gasteiger partial charge in [-0.05, 0) is 24.3 Å². The van der Waals surface area contributed by atoms with Gasteiger partial charge in [0.15, 0.2) is 11.5 Å². The molecule has 5 nitrogen and oxygen atoms in total. The first-order chi connectivity index (χ1) is 9.33. The molecule has 0 fully saturated rings. The second kappa shape index (κ2) is 4.97. The number of rotatable bonds is 2. The Labute approximate surface area is 110 Å². The fraction of sp³-hybridized carbons (Fsp3) is 0.143. The number of fused-ring (bicyclic) bond motifs is 1. The molecule has 0 saturated carbocycles. The van der Waals surface area contributed by atoms with Crippen LogP contribution in [0.5, 0.6) is 11.5 Å². The van der Waals surface area contributed by atoms with Gasteiger partial charge in [0, 0.05) is 18.1 Å². The largest absolute Gasteiger partial charge is 0.485 e. The SMILES string of the molecule is O=C(Nc1ccncc1)[C@H]1COc2ccccc2O1. The van der Waals surface area contributed by atoms with Gasteiger partial charge in [-0.1, -0.05) is 12.1 Å². The Morgan fingerprint density at radius 3 is 2.68 bits per heavy atom. The van der Waals surface area contributed by atoms with Crippen molar-refractivity contribution in [3.8, 4) is 11.5 Å². The first-order valence-corrected chi connectivity index (χ1v) is 5.92. The summed E-state index contributed by atoms with van der Waals surface area (Å²) in [5.74, 6) is 1.01. The van der Waals surface area contributed by atoms with Crippen LogP contribution in [0.3, 0.4) is 0 Å². The number of ether oxygens (including phenoxy) is 2. The number of benzene rings is 1. The van der Waals surface area contributed by atoms with Crippen molar-refractivity contribution in [2.75, 3.05) is 11.9 Å². The lowest BCUT2D eigenvalue weighted by molar-refractivity contribution is -0.125. The Morgan fingerprint density at radius 1 is 1.16 bits per heavy atom. The number of nitrogens with zero attached hydrogens (tertiary/aromatic N) is 1. The highest BCUT2D eigenvalue weighted by atomic mass is 16.6. The van der Waals surface area contributed by atoms with E-state index >= 15 is 0 Å². The third-order valence-corrected chi connectivity index (χ3v) is 2.75. The Morgan fingerprint density at radius 2 is 1.89 bits per heavy atom. The van der Waals surface area contributed by atoms with Crippen LogP contribution in [-0.2, 0) is 4.79 Å². The number of para-hydroxylation sites is 2. The van der Waals surface area contributed by atoms with Crippen LogP contribution in [0.15, 0.2) is 48.8 Å². The van der Waals surface area contributed by atoms with Crippen LogP contribution in [-0.4, -0.2) is 23.6 Å². The van der Waals surface area contributed by atoms with Gasteiger partial charge in [0.2, 0.25) is 6.10 Å². The fourth-order valence-electron chi connectivity index (χ4n) is 1.81. The zero-order valence-corrected chi connectivity index (χ0v) is 10.1. The van der Waals surface area contributed by atoms with E-state index in [0.717, 1.165) is 0 Å². The van der Waals surface area contributed by atoms with Crippen molar-refractivity contribution in [3.63, 3.8) is 0 Å². The molecule has 1 aliphatic rings. The first kappa shape index (κ1) is 11.5. The van der Waals surface area contributed by atoms with Crippen molar-refractivity contribution in [1.29, 1.82) is 0 Å². The summed E-state index contributed by atoms with van der Waals surface area (Å²) >= 11 is 0. The fourth-order valence-corrected chi connectivity index (χ4v) is 1.81. The van der Waals surface area contributed by atoms with E-state index in [0.29, 0.717) is 17.2 Å². The smallest absolute Gasteiger partial charge is 0.269 e. The maximum absolute atomic E-state index is 12.0. The predicted molar refractivity (Wildman–Crippen MR) is 69.2 cm³/mol. The summed E-state index contributed by atoms with van der Waals surface area (Å²) in [7, 11) is 0. The Hall–Kier alpha value is -2.56. The highest BCUT2D eigenvalue weighted by molar-refractivity contribution is 5.94. The number of carbonyl (C=O) groups excluding carboxylic acids is 1. The minimum absolute atomic E-state index is 0.202. The molecule has 1 aromatic carbocycles. The van der Waals surface area contributed by atoms with Crippen molar-refractivity contribution in [2.24, 2.45) is 0 Å². The third-order valence-electron chi connectivity index (χ3n) is 2.75. The van der Waals surface area contributed by atoms with Gasteiger partial charge in [-0.2, -0.15) is 0 Å². The van der Waals surface area contributed by atoms with Crippen LogP contribution >= 0.6 is 0 Å². The normalized spacial score (nSPS) is 16.7. The van der Waals surface area contributed by atoms with E-state index in [2.05, 4.69) is 10.3 Å². The minimum Gasteiger partial charge on any atom is -0.485 e. The van der Waals surface area contributed by atoms with E-state index in [9.17, 15) is 4.79 Å². The number of hydrogen-bond donors (Lipinski definition) is 1. The van der Waals surface area contributed by atoms with Gasteiger partial charge >= 0.3 is 0 Å². The second-order valence-corrected chi connectivity index (χ2v) is 4.09. The van der Waals surface area contributed by atoms with Crippen LogP contribution in [0.25, 0.3) is 0 Å². The number of pyridine rings is 1. The van der Waals surface area contributed by atoms with Crippen molar-refractivity contribution < 1.29 is 14.3 Å². The average molecular weight is 256 g/mol. The molecule has 0 bridgehead atoms. The lowest BCUT2D eigenvalue weighted by Gasteiger charge is -2.25. The van der Waals surface area contributed by atoms with Crippen molar-refractivity contribution in [1.82, 2.24) is 4.98 Å². The first-order valence-electron chi connectivity index (χ1n) is 5.92. The number of hydrogen-bond acceptors (Lipinski definition) is 4. The Bertz CT molecular complexity index is 586. The van der Waals surface area contributed by atoms with Crippen LogP contribution in [0, 0.1) is 0 Å². The molecule has 0 radical (unpaired) electrons. The average Bonchev–Trinajstić information content (AvgIpc) is 2.48. The zero-order valence-electron chi connectivity index (χ0n) is 10.1. The van der Waals surface area contributed by atoms with Gasteiger partial charge in [-0.3, -0.25) is 9.78 Å². The summed E-state index contributed by atoms with van der Waals surface area (Å²) in [4.78, 5) is 15.9. The van der Waals surface area contributed by atoms with E-state index in [4.69, 9.17) is 9.47 Å². The molecule has 19 heavy (non-hydrogen) atoms. The lowest BCUT2D eigenvalue weighted by atomic mass is 10.2. The number of nitrogens with one attached hydrogen (secondary N) is 1. The molecule has 1 aliphatic heterocycles. The van der Waals surface area contributed by atoms with Gasteiger partial charge in [-0.25, -0.2) is 0 Å². The summed E-state index contributed by atoms with van der Waals surface area (Å²) in [5, 5.41) is 2.76. The van der Waals surface area contributed by atoms with Gasteiger partial charge in [0.25, 0.3) is 5.91 Å². The van der Waals surface area contributed by atoms with E-state index in [1.165, 1.54) is 0 Å². The Kier molecular flexibility index (Phi) is 3.02. The highest BCUT2D eigenvalue weighted by Gasteiger charge is 2.27. The molecule has 5 heteroatoms. The summed E-state index contributed by atoms with van der Waals surface area (Å²) in [5.41, 5.74) is 0.683. The van der Waals surface area contributed by atoms with E-state index in [-0.39, 0.29) is 12.5 Å². The Balaban J connectivity index is 1.70. The topological polar surface area (TPSA) is 60.5 Å². The standard InChI is InChI=1S/C14H12N2O3/c17-14(16-10-5-7-15-8-6-10)13-9-18-11-3-1-2-4-12(11)19-13/h1-8,13H,9H2,(H,15,16,17)/t13-/m1/s1. The summed E-state index contributed by atoms with van der Waals surface area (Å²) in [6.07, 6.45) is 2.58. The maximum atomic E-state index is 12.0. The number of amides is 1. The molecule has 2 heterocycles. The molecule has 2 aromatic rings. The van der Waals surface area contributed by atoms with E-state index < -0.39 is 6.10 Å². The van der Waals surface area contributed by atoms with Crippen molar-refractivity contribution >= 4 is 11.6 Å². The molecule has 0 saturated heterocycles. The van der Waals surface area contributed by atoms with E-state index in [1.54, 1.807) is 30.6 Å². The van der Waals surface area contributed by atoms with Gasteiger partial charge in [0.1, 0.15) is 6.61 Å². The molecule has 0 unspecified atom stereocenters. The quantitative estimate of drug-likeness (QED) is 0.891. The van der Waals surface area contributed by atoms with Crippen LogP contribution in [0.1, 0.15) is 0 Å². The molecule has 1 aromatic heterocycles. The van der Waals surface area contributed by atoms with Crippen LogP contribution in [0.2, 0.25) is 0 Å². The van der Waals surface area contributed by atoms with Crippen molar-refractivity contribution in [3.05, 3.63) is 48.8 Å². The monoisotopic (exact) mass is 256 g/mol. The molecule has 96 valence electrons. The van der Waals surface area contributed by atoms with Crippen LogP contribution in [0.4, 0.5) is 5.69 Å². The van der Waals surface area contributed by atoms with Crippen molar-refractivity contribution in [2.45, 2.75) is 6.10 Å². The third kappa shape index (κ3) is 2.49. The molecule has 1 atom stereocenters. The highest BCUT2D eigenvalue weighted by Crippen LogP contribution is 2.31. The molecular formula is C14H12N2O3. The summed E-state index contributed by atoms with van der Waals surface area (Å²) in [6.45, 7) is 0.202. The van der Waals surface area contributed by atoms with Crippen LogP contribution < -0.4 is 14.8 Å².